The molecule has 9 heteroatoms. The van der Waals surface area contributed by atoms with Crippen LogP contribution in [0.4, 0.5) is 11.4 Å². The molecule has 0 saturated carbocycles. The third-order valence-electron chi connectivity index (χ3n) is 7.04. The topological polar surface area (TPSA) is 106 Å². The molecule has 3 amide bonds. The molecule has 1 unspecified atom stereocenters. The van der Waals surface area contributed by atoms with E-state index in [1.807, 2.05) is 54.6 Å². The maximum atomic E-state index is 13.7. The highest BCUT2D eigenvalue weighted by atomic mass is 32.2. The lowest BCUT2D eigenvalue weighted by atomic mass is 10.0. The standard InChI is InChI=1S/C37H33N3O5S/c1-24(35(41)39-29-20-30(44-2)23-31(21-29)45-3)46-32-17-10-16-28(22-32)38-37(43)34(40-36(42)26-12-5-4-6-13-26)19-27-15-9-14-25-11-7-8-18-33(25)27/h4-24H,1-3H3,(H,38,43)(H,39,41)(H,40,42)/b34-19+. The van der Waals surface area contributed by atoms with E-state index in [1.165, 1.54) is 11.8 Å². The number of nitrogens with one attached hydrogen (secondary N) is 3. The molecule has 0 spiro atoms. The van der Waals surface area contributed by atoms with Gasteiger partial charge >= 0.3 is 0 Å². The van der Waals surface area contributed by atoms with Gasteiger partial charge in [0.15, 0.2) is 0 Å². The van der Waals surface area contributed by atoms with Gasteiger partial charge in [0, 0.05) is 40.0 Å². The largest absolute Gasteiger partial charge is 0.497 e. The molecule has 5 aromatic rings. The Morgan fingerprint density at radius 3 is 2.13 bits per heavy atom. The number of hydrogen-bond acceptors (Lipinski definition) is 6. The van der Waals surface area contributed by atoms with Gasteiger partial charge in [-0.25, -0.2) is 0 Å². The number of fused-ring (bicyclic) bond motifs is 1. The predicted molar refractivity (Wildman–Crippen MR) is 184 cm³/mol. The molecule has 5 aromatic carbocycles. The first kappa shape index (κ1) is 31.9. The minimum absolute atomic E-state index is 0.0877. The van der Waals surface area contributed by atoms with Crippen LogP contribution in [0.15, 0.2) is 126 Å². The number of benzene rings is 5. The second-order valence-corrected chi connectivity index (χ2v) is 11.7. The van der Waals surface area contributed by atoms with Crippen LogP contribution in [-0.4, -0.2) is 37.2 Å². The van der Waals surface area contributed by atoms with Crippen LogP contribution in [0.1, 0.15) is 22.8 Å². The number of thioether (sulfide) groups is 1. The second-order valence-electron chi connectivity index (χ2n) is 10.3. The highest BCUT2D eigenvalue weighted by Crippen LogP contribution is 2.29. The van der Waals surface area contributed by atoms with Gasteiger partial charge in [-0.1, -0.05) is 66.7 Å². The number of carbonyl (C=O) groups is 3. The highest BCUT2D eigenvalue weighted by Gasteiger charge is 2.18. The van der Waals surface area contributed by atoms with Gasteiger partial charge in [0.2, 0.25) is 5.91 Å². The maximum Gasteiger partial charge on any atom is 0.272 e. The van der Waals surface area contributed by atoms with E-state index in [0.717, 1.165) is 21.2 Å². The molecule has 0 fully saturated rings. The SMILES string of the molecule is COc1cc(NC(=O)C(C)Sc2cccc(NC(=O)/C(=C\c3cccc4ccccc34)NC(=O)c3ccccc3)c2)cc(OC)c1. The molecular formula is C37H33N3O5S. The summed E-state index contributed by atoms with van der Waals surface area (Å²) in [5.74, 6) is 0.0234. The Hall–Kier alpha value is -5.54. The molecule has 0 bridgehead atoms. The fourth-order valence-corrected chi connectivity index (χ4v) is 5.63. The highest BCUT2D eigenvalue weighted by molar-refractivity contribution is 8.00. The van der Waals surface area contributed by atoms with Crippen LogP contribution in [0, 0.1) is 0 Å². The van der Waals surface area contributed by atoms with E-state index in [1.54, 1.807) is 87.9 Å². The van der Waals surface area contributed by atoms with Gasteiger partial charge in [0.25, 0.3) is 11.8 Å². The number of methoxy groups -OCH3 is 2. The molecule has 232 valence electrons. The van der Waals surface area contributed by atoms with E-state index in [9.17, 15) is 14.4 Å². The molecule has 5 rings (SSSR count). The van der Waals surface area contributed by atoms with E-state index in [0.29, 0.717) is 28.4 Å². The predicted octanol–water partition coefficient (Wildman–Crippen LogP) is 7.39. The van der Waals surface area contributed by atoms with Crippen molar-refractivity contribution >= 4 is 57.7 Å². The number of amides is 3. The van der Waals surface area contributed by atoms with E-state index >= 15 is 0 Å². The molecular weight excluding hydrogens is 598 g/mol. The lowest BCUT2D eigenvalue weighted by Gasteiger charge is -2.15. The van der Waals surface area contributed by atoms with E-state index in [-0.39, 0.29) is 11.6 Å². The van der Waals surface area contributed by atoms with Crippen LogP contribution in [-0.2, 0) is 9.59 Å². The van der Waals surface area contributed by atoms with Crippen molar-refractivity contribution in [1.29, 1.82) is 0 Å². The van der Waals surface area contributed by atoms with Crippen molar-refractivity contribution in [2.45, 2.75) is 17.1 Å². The number of ether oxygens (including phenoxy) is 2. The average molecular weight is 632 g/mol. The summed E-state index contributed by atoms with van der Waals surface area (Å²) >= 11 is 1.34. The Bertz CT molecular complexity index is 1880. The summed E-state index contributed by atoms with van der Waals surface area (Å²) in [6, 6.07) is 34.7. The van der Waals surface area contributed by atoms with Gasteiger partial charge in [-0.05, 0) is 59.7 Å². The van der Waals surface area contributed by atoms with Gasteiger partial charge in [0.05, 0.1) is 19.5 Å². The van der Waals surface area contributed by atoms with Crippen molar-refractivity contribution in [3.63, 3.8) is 0 Å². The Kier molecular flexibility index (Phi) is 10.4. The molecule has 0 aromatic heterocycles. The average Bonchev–Trinajstić information content (AvgIpc) is 3.08. The van der Waals surface area contributed by atoms with E-state index < -0.39 is 17.1 Å². The minimum Gasteiger partial charge on any atom is -0.497 e. The Morgan fingerprint density at radius 2 is 1.39 bits per heavy atom. The van der Waals surface area contributed by atoms with Crippen LogP contribution >= 0.6 is 11.8 Å². The fraction of sp³-hybridized carbons (Fsp3) is 0.108. The van der Waals surface area contributed by atoms with Gasteiger partial charge in [-0.3, -0.25) is 14.4 Å². The van der Waals surface area contributed by atoms with Gasteiger partial charge in [-0.15, -0.1) is 11.8 Å². The molecule has 1 atom stereocenters. The molecule has 0 radical (unpaired) electrons. The number of anilines is 2. The Balaban J connectivity index is 1.34. The lowest BCUT2D eigenvalue weighted by Crippen LogP contribution is -2.30. The first-order chi connectivity index (χ1) is 22.3. The second kappa shape index (κ2) is 15.0. The summed E-state index contributed by atoms with van der Waals surface area (Å²) < 4.78 is 10.6. The van der Waals surface area contributed by atoms with E-state index in [2.05, 4.69) is 16.0 Å². The lowest BCUT2D eigenvalue weighted by molar-refractivity contribution is -0.115. The van der Waals surface area contributed by atoms with Gasteiger partial charge in [0.1, 0.15) is 17.2 Å². The smallest absolute Gasteiger partial charge is 0.272 e. The van der Waals surface area contributed by atoms with Gasteiger partial charge < -0.3 is 25.4 Å². The van der Waals surface area contributed by atoms with Crippen LogP contribution in [0.2, 0.25) is 0 Å². The summed E-state index contributed by atoms with van der Waals surface area (Å²) in [7, 11) is 3.09. The van der Waals surface area contributed by atoms with Crippen molar-refractivity contribution < 1.29 is 23.9 Å². The normalized spacial score (nSPS) is 11.8. The van der Waals surface area contributed by atoms with E-state index in [4.69, 9.17) is 9.47 Å². The Morgan fingerprint density at radius 1 is 0.717 bits per heavy atom. The number of carbonyl (C=O) groups excluding carboxylic acids is 3. The zero-order valence-corrected chi connectivity index (χ0v) is 26.4. The minimum atomic E-state index is -0.489. The maximum absolute atomic E-state index is 13.7. The molecule has 0 aliphatic heterocycles. The monoisotopic (exact) mass is 631 g/mol. The first-order valence-electron chi connectivity index (χ1n) is 14.5. The summed E-state index contributed by atoms with van der Waals surface area (Å²) in [5, 5.41) is 10.1. The van der Waals surface area contributed by atoms with Gasteiger partial charge in [-0.2, -0.15) is 0 Å². The zero-order chi connectivity index (χ0) is 32.5. The van der Waals surface area contributed by atoms with Crippen molar-refractivity contribution in [3.8, 4) is 11.5 Å². The summed E-state index contributed by atoms with van der Waals surface area (Å²) in [4.78, 5) is 40.6. The number of hydrogen-bond donors (Lipinski definition) is 3. The summed E-state index contributed by atoms with van der Waals surface area (Å²) in [5.41, 5.74) is 2.37. The molecule has 3 N–H and O–H groups in total. The number of rotatable bonds is 11. The first-order valence-corrected chi connectivity index (χ1v) is 15.4. The van der Waals surface area contributed by atoms with Crippen LogP contribution in [0.5, 0.6) is 11.5 Å². The summed E-state index contributed by atoms with van der Waals surface area (Å²) in [6.45, 7) is 1.80. The molecule has 46 heavy (non-hydrogen) atoms. The molecule has 0 aliphatic carbocycles. The molecule has 0 aliphatic rings. The van der Waals surface area contributed by atoms with Crippen LogP contribution in [0.3, 0.4) is 0 Å². The zero-order valence-electron chi connectivity index (χ0n) is 25.6. The third kappa shape index (κ3) is 8.13. The van der Waals surface area contributed by atoms with Crippen LogP contribution < -0.4 is 25.4 Å². The van der Waals surface area contributed by atoms with Crippen LogP contribution in [0.25, 0.3) is 16.8 Å². The Labute approximate surface area is 271 Å². The van der Waals surface area contributed by atoms with Crippen molar-refractivity contribution in [1.82, 2.24) is 5.32 Å². The van der Waals surface area contributed by atoms with Crippen molar-refractivity contribution in [3.05, 3.63) is 132 Å². The quantitative estimate of drug-likeness (QED) is 0.104. The third-order valence-corrected chi connectivity index (χ3v) is 8.14. The molecule has 0 saturated heterocycles. The summed E-state index contributed by atoms with van der Waals surface area (Å²) in [6.07, 6.45) is 1.68. The molecule has 8 nitrogen and oxygen atoms in total. The fourth-order valence-electron chi connectivity index (χ4n) is 4.70. The van der Waals surface area contributed by atoms with Crippen molar-refractivity contribution in [2.75, 3.05) is 24.9 Å². The molecule has 0 heterocycles. The van der Waals surface area contributed by atoms with Crippen molar-refractivity contribution in [2.24, 2.45) is 0 Å².